The second-order valence-electron chi connectivity index (χ2n) is 4.34. The third-order valence-corrected chi connectivity index (χ3v) is 3.39. The van der Waals surface area contributed by atoms with Gasteiger partial charge in [0.05, 0.1) is 11.4 Å². The van der Waals surface area contributed by atoms with Gasteiger partial charge in [-0.3, -0.25) is 4.79 Å². The molecule has 106 valence electrons. The number of carboxylic acids is 1. The van der Waals surface area contributed by atoms with E-state index in [0.717, 1.165) is 5.01 Å². The number of nitrogens with zero attached hydrogens (tertiary/aromatic N) is 2. The summed E-state index contributed by atoms with van der Waals surface area (Å²) in [5.41, 5.74) is 0. The van der Waals surface area contributed by atoms with Gasteiger partial charge in [0.1, 0.15) is 0 Å². The Labute approximate surface area is 116 Å². The summed E-state index contributed by atoms with van der Waals surface area (Å²) >= 11 is 1.55. The van der Waals surface area contributed by atoms with E-state index in [9.17, 15) is 9.59 Å². The van der Waals surface area contributed by atoms with E-state index in [-0.39, 0.29) is 25.0 Å². The molecule has 1 aromatic rings. The molecule has 19 heavy (non-hydrogen) atoms. The summed E-state index contributed by atoms with van der Waals surface area (Å²) in [5.74, 6) is -0.902. The lowest BCUT2D eigenvalue weighted by Gasteiger charge is -2.26. The molecule has 7 heteroatoms. The molecule has 1 aromatic heterocycles. The van der Waals surface area contributed by atoms with Crippen LogP contribution in [0, 0.1) is 0 Å². The van der Waals surface area contributed by atoms with Gasteiger partial charge in [-0.25, -0.2) is 9.78 Å². The van der Waals surface area contributed by atoms with Crippen LogP contribution in [0.4, 0.5) is 4.79 Å². The van der Waals surface area contributed by atoms with Gasteiger partial charge >= 0.3 is 12.0 Å². The number of hydrogen-bond acceptors (Lipinski definition) is 4. The number of aromatic nitrogens is 1. The number of carboxylic acid groups (broad SMARTS) is 1. The summed E-state index contributed by atoms with van der Waals surface area (Å²) in [5, 5.41) is 14.3. The molecule has 1 heterocycles. The van der Waals surface area contributed by atoms with Gasteiger partial charge in [-0.15, -0.1) is 11.3 Å². The van der Waals surface area contributed by atoms with Crippen LogP contribution in [0.3, 0.4) is 0 Å². The minimum Gasteiger partial charge on any atom is -0.481 e. The lowest BCUT2D eigenvalue weighted by Crippen LogP contribution is -2.45. The average molecular weight is 285 g/mol. The number of urea groups is 1. The molecular weight excluding hydrogens is 266 g/mol. The van der Waals surface area contributed by atoms with E-state index in [1.54, 1.807) is 17.5 Å². The molecular formula is C12H19N3O3S. The lowest BCUT2D eigenvalue weighted by atomic mass is 10.3. The summed E-state index contributed by atoms with van der Waals surface area (Å²) in [6.07, 6.45) is 2.38. The molecule has 0 aliphatic heterocycles. The summed E-state index contributed by atoms with van der Waals surface area (Å²) in [6, 6.07) is -0.257. The number of carbonyl (C=O) groups is 2. The molecule has 0 radical (unpaired) electrons. The van der Waals surface area contributed by atoms with Gasteiger partial charge in [-0.2, -0.15) is 0 Å². The third kappa shape index (κ3) is 5.69. The zero-order valence-corrected chi connectivity index (χ0v) is 11.9. The van der Waals surface area contributed by atoms with Crippen LogP contribution in [0.2, 0.25) is 0 Å². The second-order valence-corrected chi connectivity index (χ2v) is 5.32. The first-order valence-electron chi connectivity index (χ1n) is 6.15. The van der Waals surface area contributed by atoms with E-state index in [1.807, 2.05) is 19.2 Å². The minimum absolute atomic E-state index is 0.0285. The van der Waals surface area contributed by atoms with Crippen molar-refractivity contribution in [2.24, 2.45) is 0 Å². The Balaban J connectivity index is 2.36. The van der Waals surface area contributed by atoms with E-state index >= 15 is 0 Å². The van der Waals surface area contributed by atoms with Crippen molar-refractivity contribution in [2.45, 2.75) is 32.7 Å². The van der Waals surface area contributed by atoms with Gasteiger partial charge in [0.25, 0.3) is 0 Å². The van der Waals surface area contributed by atoms with E-state index in [0.29, 0.717) is 13.0 Å². The van der Waals surface area contributed by atoms with Gasteiger partial charge in [0.2, 0.25) is 0 Å². The van der Waals surface area contributed by atoms with Crippen LogP contribution >= 0.6 is 11.3 Å². The Morgan fingerprint density at radius 2 is 2.26 bits per heavy atom. The Hall–Kier alpha value is -1.63. The van der Waals surface area contributed by atoms with Crippen LogP contribution < -0.4 is 5.32 Å². The van der Waals surface area contributed by atoms with Gasteiger partial charge < -0.3 is 15.3 Å². The highest BCUT2D eigenvalue weighted by Gasteiger charge is 2.17. The maximum atomic E-state index is 11.9. The number of thiazole rings is 1. The van der Waals surface area contributed by atoms with Crippen LogP contribution in [0.5, 0.6) is 0 Å². The topological polar surface area (TPSA) is 82.5 Å². The monoisotopic (exact) mass is 285 g/mol. The molecule has 0 saturated carbocycles. The molecule has 0 fully saturated rings. The normalized spacial score (nSPS) is 10.5. The fourth-order valence-corrected chi connectivity index (χ4v) is 2.19. The SMILES string of the molecule is CC(C)N(CCC(=O)O)C(=O)NCCc1nccs1. The number of nitrogens with one attached hydrogen (secondary N) is 1. The molecule has 0 bridgehead atoms. The van der Waals surface area contributed by atoms with Crippen LogP contribution in [0.15, 0.2) is 11.6 Å². The largest absolute Gasteiger partial charge is 0.481 e. The Bertz CT molecular complexity index is 406. The summed E-state index contributed by atoms with van der Waals surface area (Å²) in [4.78, 5) is 28.1. The molecule has 0 atom stereocenters. The van der Waals surface area contributed by atoms with Crippen molar-refractivity contribution in [1.82, 2.24) is 15.2 Å². The van der Waals surface area contributed by atoms with Crippen LogP contribution in [0.1, 0.15) is 25.3 Å². The number of carbonyl (C=O) groups excluding carboxylic acids is 1. The summed E-state index contributed by atoms with van der Waals surface area (Å²) < 4.78 is 0. The van der Waals surface area contributed by atoms with Gasteiger partial charge in [0.15, 0.2) is 0 Å². The van der Waals surface area contributed by atoms with Crippen LogP contribution in [-0.4, -0.2) is 46.1 Å². The molecule has 0 spiro atoms. The third-order valence-electron chi connectivity index (χ3n) is 2.55. The molecule has 0 saturated heterocycles. The Morgan fingerprint density at radius 1 is 1.53 bits per heavy atom. The molecule has 2 amide bonds. The van der Waals surface area contributed by atoms with Gasteiger partial charge in [-0.1, -0.05) is 0 Å². The van der Waals surface area contributed by atoms with Crippen molar-refractivity contribution in [1.29, 1.82) is 0 Å². The molecule has 0 aromatic carbocycles. The Kier molecular flexibility index (Phi) is 6.27. The Morgan fingerprint density at radius 3 is 2.79 bits per heavy atom. The number of rotatable bonds is 7. The van der Waals surface area contributed by atoms with Crippen molar-refractivity contribution >= 4 is 23.3 Å². The predicted octanol–water partition coefficient (Wildman–Crippen LogP) is 1.58. The highest BCUT2D eigenvalue weighted by atomic mass is 32.1. The number of amides is 2. The smallest absolute Gasteiger partial charge is 0.317 e. The quantitative estimate of drug-likeness (QED) is 0.797. The standard InChI is InChI=1S/C12H19N3O3S/c1-9(2)15(7-4-11(16)17)12(18)14-5-3-10-13-6-8-19-10/h6,8-9H,3-5,7H2,1-2H3,(H,14,18)(H,16,17). The number of aliphatic carboxylic acids is 1. The molecule has 2 N–H and O–H groups in total. The van der Waals surface area contributed by atoms with E-state index < -0.39 is 5.97 Å². The first-order chi connectivity index (χ1) is 9.00. The molecule has 0 aliphatic rings. The average Bonchev–Trinajstić information content (AvgIpc) is 2.81. The molecule has 1 rings (SSSR count). The first kappa shape index (κ1) is 15.4. The predicted molar refractivity (Wildman–Crippen MR) is 73.3 cm³/mol. The van der Waals surface area contributed by atoms with Gasteiger partial charge in [0, 0.05) is 37.1 Å². The molecule has 0 unspecified atom stereocenters. The molecule has 0 aliphatic carbocycles. The van der Waals surface area contributed by atoms with Crippen molar-refractivity contribution in [3.05, 3.63) is 16.6 Å². The van der Waals surface area contributed by atoms with Crippen molar-refractivity contribution in [3.8, 4) is 0 Å². The molecule has 6 nitrogen and oxygen atoms in total. The maximum Gasteiger partial charge on any atom is 0.317 e. The highest BCUT2D eigenvalue weighted by Crippen LogP contribution is 2.04. The minimum atomic E-state index is -0.902. The zero-order valence-electron chi connectivity index (χ0n) is 11.1. The lowest BCUT2D eigenvalue weighted by molar-refractivity contribution is -0.137. The van der Waals surface area contributed by atoms with E-state index in [2.05, 4.69) is 10.3 Å². The van der Waals surface area contributed by atoms with Gasteiger partial charge in [-0.05, 0) is 13.8 Å². The van der Waals surface area contributed by atoms with Crippen molar-refractivity contribution in [3.63, 3.8) is 0 Å². The van der Waals surface area contributed by atoms with Crippen LogP contribution in [0.25, 0.3) is 0 Å². The van der Waals surface area contributed by atoms with Crippen molar-refractivity contribution < 1.29 is 14.7 Å². The fourth-order valence-electron chi connectivity index (χ4n) is 1.56. The second kappa shape index (κ2) is 7.73. The van der Waals surface area contributed by atoms with E-state index in [1.165, 1.54) is 4.90 Å². The maximum absolute atomic E-state index is 11.9. The van der Waals surface area contributed by atoms with Crippen LogP contribution in [-0.2, 0) is 11.2 Å². The number of hydrogen-bond donors (Lipinski definition) is 2. The fraction of sp³-hybridized carbons (Fsp3) is 0.583. The van der Waals surface area contributed by atoms with E-state index in [4.69, 9.17) is 5.11 Å². The van der Waals surface area contributed by atoms with Crippen molar-refractivity contribution in [2.75, 3.05) is 13.1 Å². The first-order valence-corrected chi connectivity index (χ1v) is 7.03. The summed E-state index contributed by atoms with van der Waals surface area (Å²) in [6.45, 7) is 4.45. The zero-order chi connectivity index (χ0) is 14.3. The highest BCUT2D eigenvalue weighted by molar-refractivity contribution is 7.09. The summed E-state index contributed by atoms with van der Waals surface area (Å²) in [7, 11) is 0.